The minimum atomic E-state index is -0.861. The quantitative estimate of drug-likeness (QED) is 0.824. The van der Waals surface area contributed by atoms with E-state index in [-0.39, 0.29) is 5.82 Å². The summed E-state index contributed by atoms with van der Waals surface area (Å²) < 4.78 is 12.6. The van der Waals surface area contributed by atoms with Gasteiger partial charge in [-0.25, -0.2) is 4.39 Å². The largest absolute Gasteiger partial charge is 0.480 e. The predicted molar refractivity (Wildman–Crippen MR) is 55.0 cm³/mol. The molecule has 3 nitrogen and oxygen atoms in total. The van der Waals surface area contributed by atoms with Gasteiger partial charge in [0.2, 0.25) is 0 Å². The van der Waals surface area contributed by atoms with Gasteiger partial charge < -0.3 is 5.11 Å². The second-order valence-electron chi connectivity index (χ2n) is 3.56. The van der Waals surface area contributed by atoms with Crippen molar-refractivity contribution in [3.05, 3.63) is 35.6 Å². The zero-order chi connectivity index (χ0) is 11.4. The molecule has 0 aliphatic carbocycles. The molecule has 0 aliphatic rings. The van der Waals surface area contributed by atoms with Gasteiger partial charge >= 0.3 is 5.97 Å². The molecule has 1 atom stereocenters. The standard InChI is InChI=1S/C11H14FNO2/c1-8(11(14)15)13(2)7-9-3-5-10(12)6-4-9/h3-6,8H,7H2,1-2H3,(H,14,15). The Bertz CT molecular complexity index is 337. The number of likely N-dealkylation sites (N-methyl/N-ethyl adjacent to an activating group) is 1. The molecule has 0 bridgehead atoms. The summed E-state index contributed by atoms with van der Waals surface area (Å²) in [5, 5.41) is 8.77. The van der Waals surface area contributed by atoms with E-state index in [4.69, 9.17) is 5.11 Å². The van der Waals surface area contributed by atoms with Crippen molar-refractivity contribution >= 4 is 5.97 Å². The van der Waals surface area contributed by atoms with Crippen molar-refractivity contribution in [2.75, 3.05) is 7.05 Å². The molecule has 1 N–H and O–H groups in total. The maximum absolute atomic E-state index is 12.6. The van der Waals surface area contributed by atoms with Crippen LogP contribution in [0.1, 0.15) is 12.5 Å². The second-order valence-corrected chi connectivity index (χ2v) is 3.56. The Labute approximate surface area is 88.1 Å². The molecule has 0 radical (unpaired) electrons. The lowest BCUT2D eigenvalue weighted by Crippen LogP contribution is -2.35. The summed E-state index contributed by atoms with van der Waals surface area (Å²) in [4.78, 5) is 12.4. The van der Waals surface area contributed by atoms with Crippen molar-refractivity contribution in [2.45, 2.75) is 19.5 Å². The van der Waals surface area contributed by atoms with Gasteiger partial charge in [-0.05, 0) is 31.7 Å². The normalized spacial score (nSPS) is 12.8. The van der Waals surface area contributed by atoms with E-state index in [2.05, 4.69) is 0 Å². The third-order valence-electron chi connectivity index (χ3n) is 2.36. The SMILES string of the molecule is CC(C(=O)O)N(C)Cc1ccc(F)cc1. The van der Waals surface area contributed by atoms with Crippen LogP contribution in [-0.4, -0.2) is 29.1 Å². The van der Waals surface area contributed by atoms with Crippen LogP contribution in [0.5, 0.6) is 0 Å². The second kappa shape index (κ2) is 4.89. The van der Waals surface area contributed by atoms with Crippen molar-refractivity contribution in [2.24, 2.45) is 0 Å². The number of carboxylic acid groups (broad SMARTS) is 1. The summed E-state index contributed by atoms with van der Waals surface area (Å²) in [6.45, 7) is 2.11. The van der Waals surface area contributed by atoms with Crippen LogP contribution in [0.2, 0.25) is 0 Å². The van der Waals surface area contributed by atoms with Crippen LogP contribution in [0.25, 0.3) is 0 Å². The Hall–Kier alpha value is -1.42. The topological polar surface area (TPSA) is 40.5 Å². The molecule has 0 saturated heterocycles. The van der Waals surface area contributed by atoms with Gasteiger partial charge in [0, 0.05) is 6.54 Å². The van der Waals surface area contributed by atoms with Gasteiger partial charge in [-0.2, -0.15) is 0 Å². The van der Waals surface area contributed by atoms with E-state index >= 15 is 0 Å². The number of benzene rings is 1. The highest BCUT2D eigenvalue weighted by Crippen LogP contribution is 2.07. The molecule has 0 saturated carbocycles. The van der Waals surface area contributed by atoms with E-state index in [1.54, 1.807) is 31.0 Å². The molecule has 15 heavy (non-hydrogen) atoms. The number of carboxylic acids is 1. The monoisotopic (exact) mass is 211 g/mol. The molecule has 1 aromatic carbocycles. The van der Waals surface area contributed by atoms with Crippen LogP contribution >= 0.6 is 0 Å². The predicted octanol–water partition coefficient (Wildman–Crippen LogP) is 1.73. The average Bonchev–Trinajstić information content (AvgIpc) is 2.20. The summed E-state index contributed by atoms with van der Waals surface area (Å²) in [6, 6.07) is 5.50. The first kappa shape index (κ1) is 11.7. The molecule has 1 unspecified atom stereocenters. The number of hydrogen-bond acceptors (Lipinski definition) is 2. The van der Waals surface area contributed by atoms with Gasteiger partial charge in [-0.1, -0.05) is 12.1 Å². The molecule has 82 valence electrons. The van der Waals surface area contributed by atoms with Gasteiger partial charge in [-0.15, -0.1) is 0 Å². The summed E-state index contributed by atoms with van der Waals surface area (Å²) in [5.74, 6) is -1.15. The lowest BCUT2D eigenvalue weighted by molar-refractivity contribution is -0.142. The fraction of sp³-hybridized carbons (Fsp3) is 0.364. The molecule has 0 heterocycles. The molecular weight excluding hydrogens is 197 g/mol. The number of nitrogens with zero attached hydrogens (tertiary/aromatic N) is 1. The Morgan fingerprint density at radius 3 is 2.47 bits per heavy atom. The van der Waals surface area contributed by atoms with E-state index < -0.39 is 12.0 Å². The van der Waals surface area contributed by atoms with Gasteiger partial charge in [0.15, 0.2) is 0 Å². The van der Waals surface area contributed by atoms with E-state index in [0.717, 1.165) is 5.56 Å². The molecule has 0 aromatic heterocycles. The van der Waals surface area contributed by atoms with E-state index in [9.17, 15) is 9.18 Å². The zero-order valence-corrected chi connectivity index (χ0v) is 8.77. The highest BCUT2D eigenvalue weighted by Gasteiger charge is 2.16. The summed E-state index contributed by atoms with van der Waals surface area (Å²) in [5.41, 5.74) is 0.895. The Morgan fingerprint density at radius 2 is 2.00 bits per heavy atom. The Kier molecular flexibility index (Phi) is 3.80. The van der Waals surface area contributed by atoms with Crippen LogP contribution in [0.3, 0.4) is 0 Å². The third-order valence-corrected chi connectivity index (χ3v) is 2.36. The summed E-state index contributed by atoms with van der Waals surface area (Å²) in [7, 11) is 1.72. The van der Waals surface area contributed by atoms with Gasteiger partial charge in [0.05, 0.1) is 0 Å². The van der Waals surface area contributed by atoms with Gasteiger partial charge in [0.25, 0.3) is 0 Å². The minimum Gasteiger partial charge on any atom is -0.480 e. The third kappa shape index (κ3) is 3.32. The van der Waals surface area contributed by atoms with Crippen LogP contribution in [0.4, 0.5) is 4.39 Å². The molecule has 0 fully saturated rings. The molecular formula is C11H14FNO2. The fourth-order valence-corrected chi connectivity index (χ4v) is 1.20. The van der Waals surface area contributed by atoms with Crippen molar-refractivity contribution in [3.8, 4) is 0 Å². The van der Waals surface area contributed by atoms with Crippen LogP contribution in [0.15, 0.2) is 24.3 Å². The minimum absolute atomic E-state index is 0.285. The first-order valence-electron chi connectivity index (χ1n) is 4.68. The number of halogens is 1. The number of rotatable bonds is 4. The molecule has 1 rings (SSSR count). The Balaban J connectivity index is 2.62. The lowest BCUT2D eigenvalue weighted by Gasteiger charge is -2.20. The van der Waals surface area contributed by atoms with E-state index in [1.165, 1.54) is 12.1 Å². The van der Waals surface area contributed by atoms with Crippen LogP contribution < -0.4 is 0 Å². The van der Waals surface area contributed by atoms with Crippen molar-refractivity contribution in [1.82, 2.24) is 4.90 Å². The number of hydrogen-bond donors (Lipinski definition) is 1. The molecule has 4 heteroatoms. The van der Waals surface area contributed by atoms with Crippen molar-refractivity contribution in [3.63, 3.8) is 0 Å². The van der Waals surface area contributed by atoms with E-state index in [1.807, 2.05) is 0 Å². The van der Waals surface area contributed by atoms with Crippen molar-refractivity contribution < 1.29 is 14.3 Å². The van der Waals surface area contributed by atoms with Gasteiger partial charge in [0.1, 0.15) is 11.9 Å². The summed E-state index contributed by atoms with van der Waals surface area (Å²) in [6.07, 6.45) is 0. The van der Waals surface area contributed by atoms with Gasteiger partial charge in [-0.3, -0.25) is 9.69 Å². The zero-order valence-electron chi connectivity index (χ0n) is 8.77. The first-order chi connectivity index (χ1) is 7.00. The van der Waals surface area contributed by atoms with E-state index in [0.29, 0.717) is 6.54 Å². The molecule has 1 aromatic rings. The van der Waals surface area contributed by atoms with Crippen LogP contribution in [0, 0.1) is 5.82 Å². The maximum Gasteiger partial charge on any atom is 0.320 e. The highest BCUT2D eigenvalue weighted by atomic mass is 19.1. The molecule has 0 amide bonds. The fourth-order valence-electron chi connectivity index (χ4n) is 1.20. The maximum atomic E-state index is 12.6. The van der Waals surface area contributed by atoms with Crippen LogP contribution in [-0.2, 0) is 11.3 Å². The first-order valence-corrected chi connectivity index (χ1v) is 4.68. The van der Waals surface area contributed by atoms with Crippen molar-refractivity contribution in [1.29, 1.82) is 0 Å². The molecule has 0 aliphatic heterocycles. The number of carbonyl (C=O) groups is 1. The smallest absolute Gasteiger partial charge is 0.320 e. The Morgan fingerprint density at radius 1 is 1.47 bits per heavy atom. The lowest BCUT2D eigenvalue weighted by atomic mass is 10.2. The summed E-state index contributed by atoms with van der Waals surface area (Å²) >= 11 is 0. The molecule has 0 spiro atoms. The average molecular weight is 211 g/mol. The number of aliphatic carboxylic acids is 1. The highest BCUT2D eigenvalue weighted by molar-refractivity contribution is 5.72.